The highest BCUT2D eigenvalue weighted by molar-refractivity contribution is 9.10. The van der Waals surface area contributed by atoms with Crippen LogP contribution in [0.4, 0.5) is 0 Å². The molecule has 3 heteroatoms. The van der Waals surface area contributed by atoms with Crippen molar-refractivity contribution in [1.82, 2.24) is 9.38 Å². The molecule has 0 bridgehead atoms. The zero-order valence-electron chi connectivity index (χ0n) is 8.24. The first-order chi connectivity index (χ1) is 7.27. The molecule has 2 heterocycles. The summed E-state index contributed by atoms with van der Waals surface area (Å²) in [6.07, 6.45) is 0. The molecule has 2 aromatic heterocycles. The molecule has 0 fully saturated rings. The normalized spacial score (nSPS) is 11.3. The van der Waals surface area contributed by atoms with Crippen LogP contribution in [0.2, 0.25) is 0 Å². The lowest BCUT2D eigenvalue weighted by Gasteiger charge is -2.02. The Labute approximate surface area is 95.7 Å². The number of nitrogens with zero attached hydrogens (tertiary/aromatic N) is 2. The molecule has 1 aromatic carbocycles. The fourth-order valence-electron chi connectivity index (χ4n) is 1.88. The fourth-order valence-corrected chi connectivity index (χ4v) is 2.19. The Morgan fingerprint density at radius 3 is 2.80 bits per heavy atom. The standard InChI is InChI=1S/C12H9BrN2/c1-8-9(13)6-7-12-14-10-4-2-3-5-11(10)15(8)12/h2-7H,1H3. The van der Waals surface area contributed by atoms with Crippen molar-refractivity contribution in [2.24, 2.45) is 0 Å². The molecule has 0 aliphatic heterocycles. The molecule has 0 aliphatic rings. The van der Waals surface area contributed by atoms with Crippen molar-refractivity contribution in [3.8, 4) is 0 Å². The minimum absolute atomic E-state index is 0.997. The van der Waals surface area contributed by atoms with Crippen LogP contribution >= 0.6 is 15.9 Å². The van der Waals surface area contributed by atoms with Crippen LogP contribution < -0.4 is 0 Å². The van der Waals surface area contributed by atoms with Crippen LogP contribution in [0.25, 0.3) is 16.7 Å². The fraction of sp³-hybridized carbons (Fsp3) is 0.0833. The van der Waals surface area contributed by atoms with Gasteiger partial charge in [0.2, 0.25) is 0 Å². The van der Waals surface area contributed by atoms with Gasteiger partial charge in [-0.05, 0) is 47.1 Å². The maximum absolute atomic E-state index is 4.56. The van der Waals surface area contributed by atoms with Crippen molar-refractivity contribution in [1.29, 1.82) is 0 Å². The van der Waals surface area contributed by atoms with E-state index in [0.717, 1.165) is 21.2 Å². The highest BCUT2D eigenvalue weighted by Crippen LogP contribution is 2.23. The Morgan fingerprint density at radius 1 is 1.13 bits per heavy atom. The van der Waals surface area contributed by atoms with Gasteiger partial charge in [-0.25, -0.2) is 4.98 Å². The Kier molecular flexibility index (Phi) is 1.83. The van der Waals surface area contributed by atoms with E-state index >= 15 is 0 Å². The van der Waals surface area contributed by atoms with E-state index in [1.54, 1.807) is 0 Å². The Balaban J connectivity index is 2.63. The molecule has 74 valence electrons. The van der Waals surface area contributed by atoms with Crippen LogP contribution in [0.1, 0.15) is 5.69 Å². The van der Waals surface area contributed by atoms with Crippen molar-refractivity contribution in [3.05, 3.63) is 46.6 Å². The van der Waals surface area contributed by atoms with Gasteiger partial charge in [-0.1, -0.05) is 12.1 Å². The molecule has 15 heavy (non-hydrogen) atoms. The molecule has 3 rings (SSSR count). The number of rotatable bonds is 0. The van der Waals surface area contributed by atoms with Gasteiger partial charge in [0.1, 0.15) is 5.65 Å². The number of benzene rings is 1. The molecule has 0 saturated carbocycles. The van der Waals surface area contributed by atoms with Crippen molar-refractivity contribution in [2.75, 3.05) is 0 Å². The zero-order valence-corrected chi connectivity index (χ0v) is 9.82. The van der Waals surface area contributed by atoms with Crippen LogP contribution in [0.3, 0.4) is 0 Å². The van der Waals surface area contributed by atoms with E-state index in [2.05, 4.69) is 38.3 Å². The molecule has 0 saturated heterocycles. The number of pyridine rings is 1. The molecule has 0 spiro atoms. The lowest BCUT2D eigenvalue weighted by Crippen LogP contribution is -1.91. The van der Waals surface area contributed by atoms with E-state index < -0.39 is 0 Å². The summed E-state index contributed by atoms with van der Waals surface area (Å²) >= 11 is 3.54. The van der Waals surface area contributed by atoms with Gasteiger partial charge in [-0.3, -0.25) is 4.40 Å². The summed E-state index contributed by atoms with van der Waals surface area (Å²) < 4.78 is 3.28. The number of fused-ring (bicyclic) bond motifs is 3. The number of para-hydroxylation sites is 2. The quantitative estimate of drug-likeness (QED) is 0.604. The molecule has 2 nitrogen and oxygen atoms in total. The van der Waals surface area contributed by atoms with Gasteiger partial charge in [-0.15, -0.1) is 0 Å². The van der Waals surface area contributed by atoms with Crippen molar-refractivity contribution >= 4 is 32.6 Å². The van der Waals surface area contributed by atoms with Crippen LogP contribution in [0, 0.1) is 6.92 Å². The van der Waals surface area contributed by atoms with Crippen LogP contribution in [-0.2, 0) is 0 Å². The summed E-state index contributed by atoms with van der Waals surface area (Å²) in [5.74, 6) is 0. The molecule has 3 aromatic rings. The summed E-state index contributed by atoms with van der Waals surface area (Å²) in [6.45, 7) is 2.09. The molecular weight excluding hydrogens is 252 g/mol. The average Bonchev–Trinajstić information content (AvgIpc) is 2.62. The molecule has 0 amide bonds. The largest absolute Gasteiger partial charge is 0.296 e. The van der Waals surface area contributed by atoms with Crippen molar-refractivity contribution in [3.63, 3.8) is 0 Å². The predicted molar refractivity (Wildman–Crippen MR) is 65.1 cm³/mol. The Morgan fingerprint density at radius 2 is 1.93 bits per heavy atom. The predicted octanol–water partition coefficient (Wildman–Crippen LogP) is 3.56. The third kappa shape index (κ3) is 1.20. The molecule has 0 radical (unpaired) electrons. The van der Waals surface area contributed by atoms with E-state index in [-0.39, 0.29) is 0 Å². The van der Waals surface area contributed by atoms with E-state index in [1.165, 1.54) is 5.69 Å². The molecular formula is C12H9BrN2. The second kappa shape index (κ2) is 3.07. The van der Waals surface area contributed by atoms with E-state index in [4.69, 9.17) is 0 Å². The third-order valence-corrected chi connectivity index (χ3v) is 3.48. The summed E-state index contributed by atoms with van der Waals surface area (Å²) in [6, 6.07) is 12.2. The summed E-state index contributed by atoms with van der Waals surface area (Å²) in [5.41, 5.74) is 4.38. The van der Waals surface area contributed by atoms with Gasteiger partial charge in [0, 0.05) is 10.2 Å². The first-order valence-electron chi connectivity index (χ1n) is 4.80. The van der Waals surface area contributed by atoms with Gasteiger partial charge in [0.05, 0.1) is 11.0 Å². The van der Waals surface area contributed by atoms with Gasteiger partial charge in [0.25, 0.3) is 0 Å². The number of halogens is 1. The minimum Gasteiger partial charge on any atom is -0.296 e. The molecule has 0 N–H and O–H groups in total. The Hall–Kier alpha value is -1.35. The van der Waals surface area contributed by atoms with Gasteiger partial charge < -0.3 is 0 Å². The smallest absolute Gasteiger partial charge is 0.138 e. The first kappa shape index (κ1) is 8.92. The second-order valence-electron chi connectivity index (χ2n) is 3.56. The average molecular weight is 261 g/mol. The number of hydrogen-bond acceptors (Lipinski definition) is 1. The summed E-state index contributed by atoms with van der Waals surface area (Å²) in [4.78, 5) is 4.56. The highest BCUT2D eigenvalue weighted by Gasteiger charge is 2.06. The zero-order chi connectivity index (χ0) is 10.4. The summed E-state index contributed by atoms with van der Waals surface area (Å²) in [5, 5.41) is 0. The number of aromatic nitrogens is 2. The number of imidazole rings is 1. The third-order valence-electron chi connectivity index (χ3n) is 2.65. The monoisotopic (exact) mass is 260 g/mol. The SMILES string of the molecule is Cc1c(Br)ccc2nc3ccccc3n12. The van der Waals surface area contributed by atoms with E-state index in [0.29, 0.717) is 0 Å². The van der Waals surface area contributed by atoms with E-state index in [9.17, 15) is 0 Å². The van der Waals surface area contributed by atoms with Crippen molar-refractivity contribution in [2.45, 2.75) is 6.92 Å². The molecule has 0 atom stereocenters. The summed E-state index contributed by atoms with van der Waals surface area (Å²) in [7, 11) is 0. The van der Waals surface area contributed by atoms with E-state index in [1.807, 2.05) is 30.3 Å². The van der Waals surface area contributed by atoms with Gasteiger partial charge in [0.15, 0.2) is 0 Å². The second-order valence-corrected chi connectivity index (χ2v) is 4.42. The maximum Gasteiger partial charge on any atom is 0.138 e. The van der Waals surface area contributed by atoms with Gasteiger partial charge in [-0.2, -0.15) is 0 Å². The minimum atomic E-state index is 0.997. The van der Waals surface area contributed by atoms with Crippen molar-refractivity contribution < 1.29 is 0 Å². The van der Waals surface area contributed by atoms with Crippen LogP contribution in [0.5, 0.6) is 0 Å². The maximum atomic E-state index is 4.56. The number of hydrogen-bond donors (Lipinski definition) is 0. The molecule has 0 unspecified atom stereocenters. The lowest BCUT2D eigenvalue weighted by molar-refractivity contribution is 1.11. The van der Waals surface area contributed by atoms with Crippen LogP contribution in [-0.4, -0.2) is 9.38 Å². The van der Waals surface area contributed by atoms with Crippen LogP contribution in [0.15, 0.2) is 40.9 Å². The topological polar surface area (TPSA) is 17.3 Å². The lowest BCUT2D eigenvalue weighted by atomic mass is 10.3. The number of aryl methyl sites for hydroxylation is 1. The highest BCUT2D eigenvalue weighted by atomic mass is 79.9. The molecule has 0 aliphatic carbocycles. The van der Waals surface area contributed by atoms with Gasteiger partial charge >= 0.3 is 0 Å². The Bertz CT molecular complexity index is 655. The first-order valence-corrected chi connectivity index (χ1v) is 5.59.